The molecule has 36 heavy (non-hydrogen) atoms. The number of halogens is 9. The Morgan fingerprint density at radius 3 is 1.92 bits per heavy atom. The Balaban J connectivity index is 1.89. The van der Waals surface area contributed by atoms with Crippen LogP contribution in [0, 0.1) is 0 Å². The number of aliphatic hydroxyl groups excluding tert-OH is 1. The van der Waals surface area contributed by atoms with E-state index in [4.69, 9.17) is 0 Å². The third-order valence-corrected chi connectivity index (χ3v) is 4.80. The van der Waals surface area contributed by atoms with Crippen LogP contribution in [0.25, 0.3) is 22.9 Å². The summed E-state index contributed by atoms with van der Waals surface area (Å²) in [4.78, 5) is 3.67. The predicted octanol–water partition coefficient (Wildman–Crippen LogP) is 5.15. The van der Waals surface area contributed by atoms with Crippen molar-refractivity contribution in [2.24, 2.45) is 0 Å². The van der Waals surface area contributed by atoms with Crippen LogP contribution in [0.5, 0.6) is 0 Å². The number of aliphatic hydroxyl groups is 1. The molecule has 4 rings (SSSR count). The number of hydrogen-bond acceptors (Lipinski definition) is 5. The Kier molecular flexibility index (Phi) is 6.02. The normalized spacial score (nSPS) is 13.7. The molecular weight excluding hydrogens is 511 g/mol. The Morgan fingerprint density at radius 1 is 0.806 bits per heavy atom. The number of benzene rings is 2. The van der Waals surface area contributed by atoms with Crippen LogP contribution in [0.15, 0.2) is 54.9 Å². The van der Waals surface area contributed by atoms with Crippen LogP contribution in [0.4, 0.5) is 39.5 Å². The molecule has 1 unspecified atom stereocenters. The van der Waals surface area contributed by atoms with Crippen LogP contribution >= 0.6 is 0 Å². The first kappa shape index (κ1) is 25.2. The zero-order valence-corrected chi connectivity index (χ0v) is 17.3. The van der Waals surface area contributed by atoms with Crippen LogP contribution < -0.4 is 0 Å². The van der Waals surface area contributed by atoms with Crippen LogP contribution in [0.1, 0.15) is 22.9 Å². The maximum absolute atomic E-state index is 13.2. The van der Waals surface area contributed by atoms with Gasteiger partial charge in [-0.25, -0.2) is 4.98 Å². The Hall–Kier alpha value is -3.95. The van der Waals surface area contributed by atoms with Gasteiger partial charge in [0.25, 0.3) is 0 Å². The quantitative estimate of drug-likeness (QED) is 0.375. The van der Waals surface area contributed by atoms with Gasteiger partial charge in [-0.15, -0.1) is 10.2 Å². The van der Waals surface area contributed by atoms with Gasteiger partial charge < -0.3 is 5.11 Å². The number of nitrogens with zero attached hydrogens (tertiary/aromatic N) is 6. The highest BCUT2D eigenvalue weighted by Crippen LogP contribution is 2.39. The molecule has 2 aromatic carbocycles. The van der Waals surface area contributed by atoms with Crippen molar-refractivity contribution in [1.29, 1.82) is 0 Å². The molecule has 0 radical (unpaired) electrons. The van der Waals surface area contributed by atoms with Crippen LogP contribution in [-0.2, 0) is 12.4 Å². The van der Waals surface area contributed by atoms with Crippen LogP contribution in [0.2, 0.25) is 0 Å². The van der Waals surface area contributed by atoms with Crippen molar-refractivity contribution in [2.45, 2.75) is 24.6 Å². The van der Waals surface area contributed by atoms with E-state index in [9.17, 15) is 44.6 Å². The predicted molar refractivity (Wildman–Crippen MR) is 103 cm³/mol. The second kappa shape index (κ2) is 8.61. The number of para-hydroxylation sites is 1. The maximum Gasteiger partial charge on any atom is 0.420 e. The lowest BCUT2D eigenvalue weighted by atomic mass is 10.0. The van der Waals surface area contributed by atoms with E-state index >= 15 is 0 Å². The van der Waals surface area contributed by atoms with Gasteiger partial charge in [0, 0.05) is 5.56 Å². The van der Waals surface area contributed by atoms with Crippen LogP contribution in [0.3, 0.4) is 0 Å². The lowest BCUT2D eigenvalue weighted by molar-refractivity contribution is -0.208. The van der Waals surface area contributed by atoms with E-state index in [2.05, 4.69) is 20.4 Å². The summed E-state index contributed by atoms with van der Waals surface area (Å²) in [6.07, 6.45) is -17.9. The zero-order valence-electron chi connectivity index (χ0n) is 17.3. The van der Waals surface area contributed by atoms with Gasteiger partial charge in [-0.1, -0.05) is 23.4 Å². The standard InChI is InChI=1S/C20H11F9N6O/c21-18(22,23)11-6-10(7-12(8-11)19(24,25)26)16-30-9-34(32-16)17-14(15(36)20(27,28)29)31-33-35(17)13-4-2-1-3-5-13/h1-9,15,36H. The van der Waals surface area contributed by atoms with Crippen molar-refractivity contribution >= 4 is 0 Å². The van der Waals surface area contributed by atoms with Crippen molar-refractivity contribution in [3.05, 3.63) is 71.7 Å². The number of alkyl halides is 9. The molecule has 1 atom stereocenters. The highest BCUT2D eigenvalue weighted by molar-refractivity contribution is 5.58. The molecule has 0 aliphatic heterocycles. The van der Waals surface area contributed by atoms with E-state index in [0.717, 1.165) is 11.0 Å². The minimum Gasteiger partial charge on any atom is -0.378 e. The summed E-state index contributed by atoms with van der Waals surface area (Å²) >= 11 is 0. The molecule has 190 valence electrons. The highest BCUT2D eigenvalue weighted by atomic mass is 19.4. The van der Waals surface area contributed by atoms with Crippen LogP contribution in [-0.4, -0.2) is 41.0 Å². The minimum absolute atomic E-state index is 0.0906. The smallest absolute Gasteiger partial charge is 0.378 e. The van der Waals surface area contributed by atoms with Crippen molar-refractivity contribution in [2.75, 3.05) is 0 Å². The summed E-state index contributed by atoms with van der Waals surface area (Å²) in [6, 6.07) is 8.09. The third-order valence-electron chi connectivity index (χ3n) is 4.80. The van der Waals surface area contributed by atoms with Gasteiger partial charge in [0.05, 0.1) is 16.8 Å². The summed E-state index contributed by atoms with van der Waals surface area (Å²) in [5.41, 5.74) is -4.83. The Morgan fingerprint density at radius 2 is 1.39 bits per heavy atom. The largest absolute Gasteiger partial charge is 0.420 e. The van der Waals surface area contributed by atoms with E-state index in [1.807, 2.05) is 0 Å². The monoisotopic (exact) mass is 522 g/mol. The molecule has 0 fully saturated rings. The average molecular weight is 522 g/mol. The second-order valence-electron chi connectivity index (χ2n) is 7.30. The van der Waals surface area contributed by atoms with Crippen molar-refractivity contribution in [3.8, 4) is 22.9 Å². The number of rotatable bonds is 4. The summed E-state index contributed by atoms with van der Waals surface area (Å²) in [6.45, 7) is 0. The van der Waals surface area contributed by atoms with Gasteiger partial charge in [-0.3, -0.25) is 0 Å². The average Bonchev–Trinajstić information content (AvgIpc) is 3.44. The Labute approximate surface area is 194 Å². The molecule has 16 heteroatoms. The Bertz CT molecular complexity index is 1340. The molecule has 4 aromatic rings. The van der Waals surface area contributed by atoms with E-state index < -0.39 is 58.7 Å². The molecule has 1 N–H and O–H groups in total. The molecule has 0 bridgehead atoms. The van der Waals surface area contributed by atoms with Gasteiger partial charge in [0.1, 0.15) is 12.0 Å². The van der Waals surface area contributed by atoms with Gasteiger partial charge in [-0.05, 0) is 30.3 Å². The molecule has 0 saturated heterocycles. The van der Waals surface area contributed by atoms with Crippen molar-refractivity contribution in [1.82, 2.24) is 29.8 Å². The second-order valence-corrected chi connectivity index (χ2v) is 7.30. The summed E-state index contributed by atoms with van der Waals surface area (Å²) in [5.74, 6) is -1.26. The third kappa shape index (κ3) is 4.89. The fourth-order valence-electron chi connectivity index (χ4n) is 3.16. The first-order valence-electron chi connectivity index (χ1n) is 9.64. The SMILES string of the molecule is OC(c1nnn(-c2ccccc2)c1-n1cnc(-c2cc(C(F)(F)F)cc(C(F)(F)F)c2)n1)C(F)(F)F. The maximum atomic E-state index is 13.2. The molecule has 0 saturated carbocycles. The summed E-state index contributed by atoms with van der Waals surface area (Å²) < 4.78 is 120. The fraction of sp³-hybridized carbons (Fsp3) is 0.200. The lowest BCUT2D eigenvalue weighted by Gasteiger charge is -2.14. The van der Waals surface area contributed by atoms with Gasteiger partial charge >= 0.3 is 18.5 Å². The molecule has 7 nitrogen and oxygen atoms in total. The zero-order chi connectivity index (χ0) is 26.5. The fourth-order valence-corrected chi connectivity index (χ4v) is 3.16. The number of aromatic nitrogens is 6. The molecule has 2 heterocycles. The number of hydrogen-bond donors (Lipinski definition) is 1. The first-order chi connectivity index (χ1) is 16.7. The van der Waals surface area contributed by atoms with E-state index in [0.29, 0.717) is 16.8 Å². The van der Waals surface area contributed by atoms with Gasteiger partial charge in [0.15, 0.2) is 17.7 Å². The van der Waals surface area contributed by atoms with E-state index in [1.165, 1.54) is 24.3 Å². The topological polar surface area (TPSA) is 81.7 Å². The molecule has 0 amide bonds. The van der Waals surface area contributed by atoms with E-state index in [1.54, 1.807) is 6.07 Å². The molecular formula is C20H11F9N6O. The first-order valence-corrected chi connectivity index (χ1v) is 9.64. The van der Waals surface area contributed by atoms with E-state index in [-0.39, 0.29) is 11.8 Å². The summed E-state index contributed by atoms with van der Waals surface area (Å²) in [7, 11) is 0. The molecule has 0 spiro atoms. The van der Waals surface area contributed by atoms with Gasteiger partial charge in [-0.2, -0.15) is 48.9 Å². The van der Waals surface area contributed by atoms with Crippen molar-refractivity contribution in [3.63, 3.8) is 0 Å². The van der Waals surface area contributed by atoms with Crippen molar-refractivity contribution < 1.29 is 44.6 Å². The van der Waals surface area contributed by atoms with Gasteiger partial charge in [0.2, 0.25) is 0 Å². The molecule has 2 aromatic heterocycles. The molecule has 0 aliphatic rings. The lowest BCUT2D eigenvalue weighted by Crippen LogP contribution is -2.22. The minimum atomic E-state index is -5.18. The summed E-state index contributed by atoms with van der Waals surface area (Å²) in [5, 5.41) is 20.5. The highest BCUT2D eigenvalue weighted by Gasteiger charge is 2.44. The molecule has 0 aliphatic carbocycles.